The third-order valence-electron chi connectivity index (χ3n) is 5.03. The molecule has 32 heavy (non-hydrogen) atoms. The van der Waals surface area contributed by atoms with E-state index in [9.17, 15) is 26.4 Å². The molecule has 0 saturated carbocycles. The summed E-state index contributed by atoms with van der Waals surface area (Å²) in [5.41, 5.74) is -4.41. The molecular weight excluding hydrogens is 449 g/mol. The van der Waals surface area contributed by atoms with Crippen molar-refractivity contribution in [2.45, 2.75) is 19.4 Å². The number of alkyl halides is 3. The Balaban J connectivity index is 1.95. The maximum atomic E-state index is 12.8. The Bertz CT molecular complexity index is 1460. The Morgan fingerprint density at radius 2 is 1.81 bits per heavy atom. The van der Waals surface area contributed by atoms with Crippen molar-refractivity contribution in [2.24, 2.45) is 0 Å². The number of fused-ring (bicyclic) bond motifs is 4. The number of anilines is 1. The lowest BCUT2D eigenvalue weighted by atomic mass is 10.0. The van der Waals surface area contributed by atoms with E-state index in [4.69, 9.17) is 4.42 Å². The van der Waals surface area contributed by atoms with Crippen molar-refractivity contribution in [3.63, 3.8) is 0 Å². The van der Waals surface area contributed by atoms with Crippen LogP contribution in [0.4, 0.5) is 18.9 Å². The Kier molecular flexibility index (Phi) is 5.24. The molecule has 7 nitrogen and oxygen atoms in total. The van der Waals surface area contributed by atoms with Crippen LogP contribution >= 0.6 is 0 Å². The van der Waals surface area contributed by atoms with Crippen molar-refractivity contribution < 1.29 is 30.2 Å². The number of rotatable bonds is 5. The predicted molar refractivity (Wildman–Crippen MR) is 114 cm³/mol. The van der Waals surface area contributed by atoms with Crippen LogP contribution in [0.15, 0.2) is 51.7 Å². The Hall–Kier alpha value is -3.34. The fourth-order valence-electron chi connectivity index (χ4n) is 3.50. The summed E-state index contributed by atoms with van der Waals surface area (Å²) in [6, 6.07) is 10.1. The lowest BCUT2D eigenvalue weighted by molar-refractivity contribution is -0.0499. The van der Waals surface area contributed by atoms with Crippen molar-refractivity contribution in [2.75, 3.05) is 18.0 Å². The minimum absolute atomic E-state index is 0.112. The zero-order valence-electron chi connectivity index (χ0n) is 16.9. The summed E-state index contributed by atoms with van der Waals surface area (Å²) >= 11 is 0. The molecule has 0 fully saturated rings. The highest BCUT2D eigenvalue weighted by atomic mass is 32.2. The van der Waals surface area contributed by atoms with Crippen molar-refractivity contribution >= 4 is 37.7 Å². The van der Waals surface area contributed by atoms with Crippen LogP contribution in [0.3, 0.4) is 0 Å². The molecule has 0 radical (unpaired) electrons. The minimum atomic E-state index is -5.95. The average Bonchev–Trinajstić information content (AvgIpc) is 2.72. The second-order valence-corrected chi connectivity index (χ2v) is 8.46. The molecule has 0 atom stereocenters. The van der Waals surface area contributed by atoms with Gasteiger partial charge in [0.25, 0.3) is 0 Å². The van der Waals surface area contributed by atoms with Crippen LogP contribution in [0, 0.1) is 0 Å². The van der Waals surface area contributed by atoms with Gasteiger partial charge in [0, 0.05) is 36.3 Å². The second-order valence-electron chi connectivity index (χ2n) is 6.92. The molecule has 2 aromatic rings. The molecule has 1 aliphatic heterocycles. The van der Waals surface area contributed by atoms with Crippen LogP contribution in [0.1, 0.15) is 13.8 Å². The standard InChI is InChI=1S/C21H17F3N2O5S/c1-3-26(4-2)12-8-9-14-17(10-12)30-18-11-15(27)19-13(20(18)25-14)6-5-7-16(19)31-32(28,29)21(22,23)24/h5-11H,3-4H2,1-2H3. The highest BCUT2D eigenvalue weighted by molar-refractivity contribution is 7.88. The third kappa shape index (κ3) is 3.62. The lowest BCUT2D eigenvalue weighted by Crippen LogP contribution is -2.28. The topological polar surface area (TPSA) is 89.7 Å². The molecule has 2 aromatic carbocycles. The van der Waals surface area contributed by atoms with Crippen molar-refractivity contribution in [1.82, 2.24) is 4.98 Å². The first-order chi connectivity index (χ1) is 15.1. The third-order valence-corrected chi connectivity index (χ3v) is 6.00. The predicted octanol–water partition coefficient (Wildman–Crippen LogP) is 4.52. The molecular formula is C21H17F3N2O5S. The van der Waals surface area contributed by atoms with Gasteiger partial charge >= 0.3 is 15.6 Å². The van der Waals surface area contributed by atoms with E-state index in [1.54, 1.807) is 12.1 Å². The average molecular weight is 466 g/mol. The molecule has 0 aromatic heterocycles. The van der Waals surface area contributed by atoms with Gasteiger partial charge in [-0.1, -0.05) is 12.1 Å². The van der Waals surface area contributed by atoms with Gasteiger partial charge in [0.05, 0.1) is 5.39 Å². The largest absolute Gasteiger partial charge is 0.534 e. The van der Waals surface area contributed by atoms with Gasteiger partial charge in [-0.3, -0.25) is 4.79 Å². The molecule has 11 heteroatoms. The first-order valence-corrected chi connectivity index (χ1v) is 11.0. The first-order valence-electron chi connectivity index (χ1n) is 9.61. The highest BCUT2D eigenvalue weighted by Crippen LogP contribution is 2.36. The van der Waals surface area contributed by atoms with Crippen molar-refractivity contribution in [1.29, 1.82) is 0 Å². The molecule has 0 unspecified atom stereocenters. The molecule has 0 N–H and O–H groups in total. The molecule has 1 aliphatic carbocycles. The van der Waals surface area contributed by atoms with Gasteiger partial charge in [0.15, 0.2) is 22.5 Å². The fourth-order valence-corrected chi connectivity index (χ4v) is 3.97. The van der Waals surface area contributed by atoms with E-state index >= 15 is 0 Å². The summed E-state index contributed by atoms with van der Waals surface area (Å²) in [5.74, 6) is -0.618. The molecule has 4 rings (SSSR count). The summed E-state index contributed by atoms with van der Waals surface area (Å²) in [7, 11) is -5.95. The van der Waals surface area contributed by atoms with Crippen LogP contribution < -0.4 is 14.5 Å². The summed E-state index contributed by atoms with van der Waals surface area (Å²) in [4.78, 5) is 19.3. The quantitative estimate of drug-likeness (QED) is 0.185. The van der Waals surface area contributed by atoms with Crippen LogP contribution in [0.2, 0.25) is 0 Å². The molecule has 168 valence electrons. The zero-order valence-corrected chi connectivity index (χ0v) is 17.7. The van der Waals surface area contributed by atoms with Gasteiger partial charge in [-0.25, -0.2) is 4.98 Å². The number of halogens is 3. The summed E-state index contributed by atoms with van der Waals surface area (Å²) in [6.07, 6.45) is 0. The Labute approximate surface area is 180 Å². The number of hydrogen-bond donors (Lipinski definition) is 0. The molecule has 0 spiro atoms. The van der Waals surface area contributed by atoms with Crippen molar-refractivity contribution in [3.05, 3.63) is 52.7 Å². The highest BCUT2D eigenvalue weighted by Gasteiger charge is 2.48. The lowest BCUT2D eigenvalue weighted by Gasteiger charge is -2.21. The van der Waals surface area contributed by atoms with E-state index in [2.05, 4.69) is 14.1 Å². The zero-order chi connectivity index (χ0) is 23.3. The fraction of sp³-hybridized carbons (Fsp3) is 0.238. The summed E-state index contributed by atoms with van der Waals surface area (Å²) in [6.45, 7) is 5.58. The summed E-state index contributed by atoms with van der Waals surface area (Å²) in [5, 5.41) is -0.226. The normalized spacial score (nSPS) is 12.5. The number of nitrogens with zero attached hydrogens (tertiary/aromatic N) is 2. The van der Waals surface area contributed by atoms with Gasteiger partial charge in [0.2, 0.25) is 0 Å². The van der Waals surface area contributed by atoms with Crippen molar-refractivity contribution in [3.8, 4) is 17.2 Å². The van der Waals surface area contributed by atoms with E-state index in [1.165, 1.54) is 12.1 Å². The molecule has 1 heterocycles. The van der Waals surface area contributed by atoms with E-state index in [-0.39, 0.29) is 22.2 Å². The van der Waals surface area contributed by atoms with Crippen LogP contribution in [-0.4, -0.2) is 32.0 Å². The molecule has 0 amide bonds. The van der Waals surface area contributed by atoms with E-state index in [1.807, 2.05) is 19.9 Å². The Morgan fingerprint density at radius 1 is 1.09 bits per heavy atom. The van der Waals surface area contributed by atoms with Gasteiger partial charge in [-0.15, -0.1) is 0 Å². The second kappa shape index (κ2) is 7.66. The minimum Gasteiger partial charge on any atom is -0.453 e. The van der Waals surface area contributed by atoms with Crippen LogP contribution in [0.5, 0.6) is 5.75 Å². The Morgan fingerprint density at radius 3 is 2.47 bits per heavy atom. The maximum Gasteiger partial charge on any atom is 0.534 e. The molecule has 2 aliphatic rings. The monoisotopic (exact) mass is 466 g/mol. The number of hydrogen-bond acceptors (Lipinski definition) is 7. The van der Waals surface area contributed by atoms with E-state index in [0.29, 0.717) is 11.1 Å². The van der Waals surface area contributed by atoms with Crippen LogP contribution in [-0.2, 0) is 10.1 Å². The molecule has 0 bridgehead atoms. The van der Waals surface area contributed by atoms with Gasteiger partial charge in [-0.2, -0.15) is 21.6 Å². The summed E-state index contributed by atoms with van der Waals surface area (Å²) < 4.78 is 71.4. The maximum absolute atomic E-state index is 12.8. The van der Waals surface area contributed by atoms with Crippen LogP contribution in [0.25, 0.3) is 33.3 Å². The van der Waals surface area contributed by atoms with E-state index in [0.717, 1.165) is 30.9 Å². The smallest absolute Gasteiger partial charge is 0.453 e. The van der Waals surface area contributed by atoms with Gasteiger partial charge in [0.1, 0.15) is 11.2 Å². The molecule has 0 saturated heterocycles. The van der Waals surface area contributed by atoms with E-state index < -0.39 is 26.8 Å². The van der Waals surface area contributed by atoms with Gasteiger partial charge in [-0.05, 0) is 32.0 Å². The van der Waals surface area contributed by atoms with Gasteiger partial charge < -0.3 is 13.5 Å². The number of benzene rings is 3. The number of aromatic nitrogens is 1. The SMILES string of the molecule is CCN(CC)c1ccc2nc3c4cccc(OS(=O)(=O)C(F)(F)F)c4c(=O)cc-3oc2c1. The first kappa shape index (κ1) is 21.9.